The molecule has 0 spiro atoms. The Balaban J connectivity index is 0. The quantitative estimate of drug-likeness (QED) is 0.328. The first-order chi connectivity index (χ1) is 6.08. The van der Waals surface area contributed by atoms with Gasteiger partial charge in [0.2, 0.25) is 0 Å². The standard InChI is InChI=1S/C5H7ClO2.C3H4O2/c1-2-8-5(7)3-4-6;1-2-3(4)5/h2H,1,3-4H2;2H,1H2,(H,4,5). The molecule has 5 heteroatoms. The molecule has 0 aliphatic carbocycles. The van der Waals surface area contributed by atoms with Crippen molar-refractivity contribution in [3.63, 3.8) is 0 Å². The van der Waals surface area contributed by atoms with Crippen molar-refractivity contribution in [3.8, 4) is 0 Å². The van der Waals surface area contributed by atoms with Gasteiger partial charge in [-0.25, -0.2) is 4.79 Å². The summed E-state index contributed by atoms with van der Waals surface area (Å²) in [7, 11) is 0. The zero-order valence-corrected chi connectivity index (χ0v) is 7.79. The van der Waals surface area contributed by atoms with E-state index < -0.39 is 5.97 Å². The third-order valence-electron chi connectivity index (χ3n) is 0.688. The van der Waals surface area contributed by atoms with Crippen molar-refractivity contribution in [2.45, 2.75) is 6.42 Å². The maximum absolute atomic E-state index is 10.3. The molecule has 0 aliphatic heterocycles. The Bertz CT molecular complexity index is 189. The summed E-state index contributed by atoms with van der Waals surface area (Å²) in [6.45, 7) is 6.16. The molecule has 0 aromatic carbocycles. The van der Waals surface area contributed by atoms with Crippen LogP contribution in [0.3, 0.4) is 0 Å². The number of carboxylic acids is 1. The molecule has 13 heavy (non-hydrogen) atoms. The van der Waals surface area contributed by atoms with Gasteiger partial charge in [-0.2, -0.15) is 0 Å². The lowest BCUT2D eigenvalue weighted by molar-refractivity contribution is -0.137. The van der Waals surface area contributed by atoms with Gasteiger partial charge in [-0.1, -0.05) is 13.2 Å². The fraction of sp³-hybridized carbons (Fsp3) is 0.250. The smallest absolute Gasteiger partial charge is 0.327 e. The van der Waals surface area contributed by atoms with Gasteiger partial charge in [0, 0.05) is 12.0 Å². The average molecular weight is 207 g/mol. The van der Waals surface area contributed by atoms with Crippen molar-refractivity contribution < 1.29 is 19.4 Å². The molecule has 4 nitrogen and oxygen atoms in total. The fourth-order valence-electron chi connectivity index (χ4n) is 0.229. The first-order valence-corrected chi connectivity index (χ1v) is 3.83. The second-order valence-corrected chi connectivity index (χ2v) is 2.02. The molecule has 1 N–H and O–H groups in total. The summed E-state index contributed by atoms with van der Waals surface area (Å²) in [6, 6.07) is 0. The van der Waals surface area contributed by atoms with Crippen molar-refractivity contribution in [1.29, 1.82) is 0 Å². The number of hydrogen-bond donors (Lipinski definition) is 1. The van der Waals surface area contributed by atoms with E-state index >= 15 is 0 Å². The molecule has 0 saturated heterocycles. The van der Waals surface area contributed by atoms with E-state index in [0.717, 1.165) is 12.3 Å². The van der Waals surface area contributed by atoms with Crippen LogP contribution in [0.1, 0.15) is 6.42 Å². The largest absolute Gasteiger partial charge is 0.478 e. The molecule has 0 atom stereocenters. The summed E-state index contributed by atoms with van der Waals surface area (Å²) in [5.74, 6) is -1.02. The number of esters is 1. The highest BCUT2D eigenvalue weighted by atomic mass is 35.5. The van der Waals surface area contributed by atoms with Crippen LogP contribution in [0.2, 0.25) is 0 Å². The van der Waals surface area contributed by atoms with E-state index in [4.69, 9.17) is 16.7 Å². The normalized spacial score (nSPS) is 7.46. The number of aliphatic carboxylic acids is 1. The van der Waals surface area contributed by atoms with Gasteiger partial charge in [0.25, 0.3) is 0 Å². The zero-order chi connectivity index (χ0) is 10.7. The summed E-state index contributed by atoms with van der Waals surface area (Å²) < 4.78 is 4.32. The summed E-state index contributed by atoms with van der Waals surface area (Å²) in [6.07, 6.45) is 2.17. The number of carboxylic acid groups (broad SMARTS) is 1. The molecule has 0 fully saturated rings. The molecule has 0 heterocycles. The van der Waals surface area contributed by atoms with E-state index in [1.165, 1.54) is 0 Å². The van der Waals surface area contributed by atoms with Gasteiger partial charge in [-0.3, -0.25) is 4.79 Å². The number of halogens is 1. The van der Waals surface area contributed by atoms with Crippen LogP contribution in [0.15, 0.2) is 25.5 Å². The Morgan fingerprint density at radius 1 is 1.46 bits per heavy atom. The van der Waals surface area contributed by atoms with Crippen LogP contribution in [0.4, 0.5) is 0 Å². The van der Waals surface area contributed by atoms with Gasteiger partial charge in [0.15, 0.2) is 0 Å². The number of alkyl halides is 1. The number of ether oxygens (including phenoxy) is 1. The van der Waals surface area contributed by atoms with E-state index in [2.05, 4.69) is 17.9 Å². The summed E-state index contributed by atoms with van der Waals surface area (Å²) in [4.78, 5) is 19.5. The first-order valence-electron chi connectivity index (χ1n) is 3.30. The minimum atomic E-state index is -0.981. The molecule has 0 unspecified atom stereocenters. The predicted molar refractivity (Wildman–Crippen MR) is 49.5 cm³/mol. The second-order valence-electron chi connectivity index (χ2n) is 1.64. The van der Waals surface area contributed by atoms with Crippen LogP contribution in [0.25, 0.3) is 0 Å². The van der Waals surface area contributed by atoms with Crippen molar-refractivity contribution in [2.24, 2.45) is 0 Å². The lowest BCUT2D eigenvalue weighted by Gasteiger charge is -1.91. The van der Waals surface area contributed by atoms with E-state index in [9.17, 15) is 9.59 Å². The van der Waals surface area contributed by atoms with Crippen molar-refractivity contribution in [3.05, 3.63) is 25.5 Å². The van der Waals surface area contributed by atoms with Gasteiger partial charge in [0.1, 0.15) is 0 Å². The molecular weight excluding hydrogens is 196 g/mol. The topological polar surface area (TPSA) is 63.6 Å². The van der Waals surface area contributed by atoms with Gasteiger partial charge < -0.3 is 9.84 Å². The maximum atomic E-state index is 10.3. The molecule has 0 saturated carbocycles. The van der Waals surface area contributed by atoms with Gasteiger partial charge in [-0.15, -0.1) is 11.6 Å². The molecule has 0 aromatic heterocycles. The van der Waals surface area contributed by atoms with E-state index in [1.807, 2.05) is 0 Å². The molecule has 0 amide bonds. The predicted octanol–water partition coefficient (Wildman–Crippen LogP) is 1.56. The van der Waals surface area contributed by atoms with Gasteiger partial charge >= 0.3 is 11.9 Å². The van der Waals surface area contributed by atoms with Crippen LogP contribution in [-0.4, -0.2) is 22.9 Å². The van der Waals surface area contributed by atoms with E-state index in [1.54, 1.807) is 0 Å². The van der Waals surface area contributed by atoms with E-state index in [-0.39, 0.29) is 12.4 Å². The Hall–Kier alpha value is -1.29. The first kappa shape index (κ1) is 14.2. The van der Waals surface area contributed by atoms with Gasteiger partial charge in [-0.05, 0) is 0 Å². The molecule has 0 radical (unpaired) electrons. The Kier molecular flexibility index (Phi) is 11.7. The molecule has 0 aliphatic rings. The summed E-state index contributed by atoms with van der Waals surface area (Å²) in [5, 5.41) is 7.60. The van der Waals surface area contributed by atoms with Crippen LogP contribution in [0.5, 0.6) is 0 Å². The van der Waals surface area contributed by atoms with E-state index in [0.29, 0.717) is 5.88 Å². The van der Waals surface area contributed by atoms with Crippen molar-refractivity contribution >= 4 is 23.5 Å². The number of rotatable bonds is 4. The van der Waals surface area contributed by atoms with Crippen LogP contribution in [0, 0.1) is 0 Å². The van der Waals surface area contributed by atoms with Crippen LogP contribution >= 0.6 is 11.6 Å². The number of carbonyl (C=O) groups excluding carboxylic acids is 1. The van der Waals surface area contributed by atoms with Gasteiger partial charge in [0.05, 0.1) is 12.7 Å². The molecule has 74 valence electrons. The highest BCUT2D eigenvalue weighted by molar-refractivity contribution is 6.18. The van der Waals surface area contributed by atoms with Crippen LogP contribution < -0.4 is 0 Å². The average Bonchev–Trinajstić information content (AvgIpc) is 2.06. The van der Waals surface area contributed by atoms with Crippen LogP contribution in [-0.2, 0) is 14.3 Å². The molecule has 0 rings (SSSR count). The van der Waals surface area contributed by atoms with Crippen molar-refractivity contribution in [2.75, 3.05) is 5.88 Å². The Morgan fingerprint density at radius 2 is 1.92 bits per heavy atom. The highest BCUT2D eigenvalue weighted by Crippen LogP contribution is 1.88. The minimum Gasteiger partial charge on any atom is -0.478 e. The molecular formula is C8H11ClO4. The monoisotopic (exact) mass is 206 g/mol. The lowest BCUT2D eigenvalue weighted by Crippen LogP contribution is -1.98. The second kappa shape index (κ2) is 10.7. The molecule has 0 aromatic rings. The fourth-order valence-corrected chi connectivity index (χ4v) is 0.383. The zero-order valence-electron chi connectivity index (χ0n) is 7.03. The maximum Gasteiger partial charge on any atom is 0.327 e. The summed E-state index contributed by atoms with van der Waals surface area (Å²) in [5.41, 5.74) is 0. The Labute approximate surface area is 81.5 Å². The van der Waals surface area contributed by atoms with Crippen molar-refractivity contribution in [1.82, 2.24) is 0 Å². The highest BCUT2D eigenvalue weighted by Gasteiger charge is 1.95. The number of carbonyl (C=O) groups is 2. The molecule has 0 bridgehead atoms. The third kappa shape index (κ3) is 18.0. The minimum absolute atomic E-state index is 0.244. The number of hydrogen-bond acceptors (Lipinski definition) is 3. The summed E-state index contributed by atoms with van der Waals surface area (Å²) >= 11 is 5.20. The lowest BCUT2D eigenvalue weighted by atomic mass is 10.5. The Morgan fingerprint density at radius 3 is 2.15 bits per heavy atom. The SMILES string of the molecule is C=CC(=O)O.C=COC(=O)CCCl. The third-order valence-corrected chi connectivity index (χ3v) is 0.877.